The molecule has 3 heteroatoms. The quantitative estimate of drug-likeness (QED) is 0.448. The third kappa shape index (κ3) is 6.07. The second-order valence-electron chi connectivity index (χ2n) is 5.85. The largest absolute Gasteiger partial charge is 1.00 e. The van der Waals surface area contributed by atoms with Crippen LogP contribution in [0.25, 0.3) is 0 Å². The first-order valence-corrected chi connectivity index (χ1v) is 10.2. The molecular weight excluding hydrogens is 467 g/mol. The SMILES string of the molecule is CCCC[C]1([Zr+2][C]2(CCCC)C=CC=C2)C=CC=C1.[Br-].[Br-]. The molecule has 0 aromatic carbocycles. The van der Waals surface area contributed by atoms with Gasteiger partial charge in [-0.3, -0.25) is 0 Å². The van der Waals surface area contributed by atoms with Gasteiger partial charge in [0.05, 0.1) is 0 Å². The fraction of sp³-hybridized carbons (Fsp3) is 0.556. The molecule has 116 valence electrons. The van der Waals surface area contributed by atoms with Gasteiger partial charge in [0.25, 0.3) is 0 Å². The third-order valence-electron chi connectivity index (χ3n) is 4.15. The van der Waals surface area contributed by atoms with E-state index in [0.717, 1.165) is 0 Å². The molecule has 2 aliphatic rings. The van der Waals surface area contributed by atoms with Gasteiger partial charge in [-0.25, -0.2) is 0 Å². The first kappa shape index (κ1) is 21.8. The van der Waals surface area contributed by atoms with Crippen LogP contribution >= 0.6 is 0 Å². The van der Waals surface area contributed by atoms with Crippen molar-refractivity contribution >= 4 is 0 Å². The van der Waals surface area contributed by atoms with E-state index in [4.69, 9.17) is 0 Å². The first-order valence-electron chi connectivity index (χ1n) is 7.78. The van der Waals surface area contributed by atoms with Gasteiger partial charge in [-0.05, 0) is 0 Å². The fourth-order valence-corrected chi connectivity index (χ4v) is 8.40. The van der Waals surface area contributed by atoms with Crippen molar-refractivity contribution in [1.82, 2.24) is 0 Å². The average molecular weight is 493 g/mol. The van der Waals surface area contributed by atoms with E-state index in [9.17, 15) is 0 Å². The van der Waals surface area contributed by atoms with Crippen molar-refractivity contribution in [2.24, 2.45) is 0 Å². The standard InChI is InChI=1S/2C9H13.2BrH.Zr/c2*1-2-3-6-9-7-4-5-8-9;;;/h2*4-5,7-8H,2-3,6H2,1H3;2*1H;/q;;;;+2/p-2. The normalized spacial score (nSPS) is 19.1. The molecule has 0 amide bonds. The molecule has 0 aromatic heterocycles. The van der Waals surface area contributed by atoms with Crippen LogP contribution in [-0.4, -0.2) is 0 Å². The third-order valence-corrected chi connectivity index (χ3v) is 9.31. The average Bonchev–Trinajstić information content (AvgIpc) is 3.05. The molecule has 2 aliphatic carbocycles. The van der Waals surface area contributed by atoms with Crippen LogP contribution in [0.2, 0.25) is 6.25 Å². The molecule has 0 spiro atoms. The summed E-state index contributed by atoms with van der Waals surface area (Å²) in [5.74, 6) is 0. The Bertz CT molecular complexity index is 345. The van der Waals surface area contributed by atoms with Crippen molar-refractivity contribution in [2.75, 3.05) is 0 Å². The van der Waals surface area contributed by atoms with Crippen molar-refractivity contribution < 1.29 is 57.2 Å². The van der Waals surface area contributed by atoms with Gasteiger partial charge >= 0.3 is 130 Å². The van der Waals surface area contributed by atoms with Gasteiger partial charge in [0.2, 0.25) is 0 Å². The van der Waals surface area contributed by atoms with Crippen molar-refractivity contribution in [3.05, 3.63) is 48.6 Å². The van der Waals surface area contributed by atoms with E-state index in [2.05, 4.69) is 62.5 Å². The number of hydrogen-bond acceptors (Lipinski definition) is 0. The van der Waals surface area contributed by atoms with Gasteiger partial charge in [-0.1, -0.05) is 0 Å². The Morgan fingerprint density at radius 1 is 0.667 bits per heavy atom. The molecule has 2 rings (SSSR count). The first-order chi connectivity index (χ1) is 9.24. The number of unbranched alkanes of at least 4 members (excludes halogenated alkanes) is 2. The van der Waals surface area contributed by atoms with Crippen LogP contribution in [0, 0.1) is 0 Å². The zero-order valence-corrected chi connectivity index (χ0v) is 18.7. The van der Waals surface area contributed by atoms with Crippen LogP contribution in [0.5, 0.6) is 0 Å². The van der Waals surface area contributed by atoms with Gasteiger partial charge in [0, 0.05) is 0 Å². The van der Waals surface area contributed by atoms with Gasteiger partial charge in [0.15, 0.2) is 0 Å². The molecule has 21 heavy (non-hydrogen) atoms. The maximum atomic E-state index is 2.52. The molecule has 0 aromatic rings. The zero-order valence-electron chi connectivity index (χ0n) is 13.1. The Hall–Kier alpha value is 0.803. The van der Waals surface area contributed by atoms with Gasteiger partial charge in [-0.15, -0.1) is 0 Å². The minimum Gasteiger partial charge on any atom is -1.00 e. The fourth-order valence-electron chi connectivity index (χ4n) is 3.02. The molecule has 0 bridgehead atoms. The van der Waals surface area contributed by atoms with Gasteiger partial charge in [-0.2, -0.15) is 0 Å². The Morgan fingerprint density at radius 3 is 1.29 bits per heavy atom. The number of allylic oxidation sites excluding steroid dienone is 8. The van der Waals surface area contributed by atoms with Crippen molar-refractivity contribution in [2.45, 2.75) is 58.6 Å². The van der Waals surface area contributed by atoms with Crippen LogP contribution in [0.15, 0.2) is 48.6 Å². The second kappa shape index (κ2) is 10.6. The monoisotopic (exact) mass is 490 g/mol. The summed E-state index contributed by atoms with van der Waals surface area (Å²) in [5.41, 5.74) is 0. The van der Waals surface area contributed by atoms with E-state index in [1.165, 1.54) is 38.5 Å². The molecule has 0 saturated heterocycles. The van der Waals surface area contributed by atoms with Crippen LogP contribution in [0.3, 0.4) is 0 Å². The Kier molecular flexibility index (Phi) is 11.0. The van der Waals surface area contributed by atoms with E-state index in [-0.39, 0.29) is 34.0 Å². The van der Waals surface area contributed by atoms with E-state index >= 15 is 0 Å². The van der Waals surface area contributed by atoms with Crippen LogP contribution < -0.4 is 34.0 Å². The summed E-state index contributed by atoms with van der Waals surface area (Å²) in [6.45, 7) is 4.62. The minimum atomic E-state index is -0.571. The molecule has 0 atom stereocenters. The topological polar surface area (TPSA) is 0 Å². The van der Waals surface area contributed by atoms with Crippen molar-refractivity contribution in [3.63, 3.8) is 0 Å². The summed E-state index contributed by atoms with van der Waals surface area (Å²) in [5, 5.41) is 0. The molecule has 0 saturated carbocycles. The predicted octanol–water partition coefficient (Wildman–Crippen LogP) is 0.0267. The van der Waals surface area contributed by atoms with Crippen molar-refractivity contribution in [1.29, 1.82) is 0 Å². The van der Waals surface area contributed by atoms with E-state index < -0.39 is 23.2 Å². The molecule has 0 fully saturated rings. The summed E-state index contributed by atoms with van der Waals surface area (Å²) < 4.78 is 0.957. The number of hydrogen-bond donors (Lipinski definition) is 0. The minimum absolute atomic E-state index is 0. The summed E-state index contributed by atoms with van der Waals surface area (Å²) in [4.78, 5) is 0. The van der Waals surface area contributed by atoms with E-state index in [1.807, 2.05) is 0 Å². The number of halogens is 2. The summed E-state index contributed by atoms with van der Waals surface area (Å²) >= 11 is -0.571. The Labute approximate surface area is 163 Å². The number of rotatable bonds is 8. The summed E-state index contributed by atoms with van der Waals surface area (Å²) in [6.07, 6.45) is 27.3. The molecule has 0 unspecified atom stereocenters. The molecular formula is C18H26Br2Zr. The molecule has 0 heterocycles. The predicted molar refractivity (Wildman–Crippen MR) is 81.0 cm³/mol. The molecule has 0 N–H and O–H groups in total. The molecule has 0 radical (unpaired) electrons. The Morgan fingerprint density at radius 2 is 1.00 bits per heavy atom. The van der Waals surface area contributed by atoms with E-state index in [1.54, 1.807) is 0 Å². The molecule has 0 aliphatic heterocycles. The Balaban J connectivity index is 0.00000200. The summed E-state index contributed by atoms with van der Waals surface area (Å²) in [6, 6.07) is 0. The summed E-state index contributed by atoms with van der Waals surface area (Å²) in [7, 11) is 0. The maximum Gasteiger partial charge on any atom is -1.00 e. The van der Waals surface area contributed by atoms with Crippen LogP contribution in [-0.2, 0) is 23.2 Å². The van der Waals surface area contributed by atoms with E-state index in [0.29, 0.717) is 6.25 Å². The van der Waals surface area contributed by atoms with Gasteiger partial charge < -0.3 is 34.0 Å². The van der Waals surface area contributed by atoms with Crippen LogP contribution in [0.1, 0.15) is 52.4 Å². The zero-order chi connectivity index (χ0) is 13.6. The van der Waals surface area contributed by atoms with Crippen LogP contribution in [0.4, 0.5) is 0 Å². The maximum absolute atomic E-state index is 2.52. The second-order valence-corrected chi connectivity index (χ2v) is 11.0. The molecule has 0 nitrogen and oxygen atoms in total. The van der Waals surface area contributed by atoms with Crippen molar-refractivity contribution in [3.8, 4) is 0 Å². The smallest absolute Gasteiger partial charge is 1.00 e. The van der Waals surface area contributed by atoms with Gasteiger partial charge in [0.1, 0.15) is 0 Å².